The molecule has 1 aliphatic heterocycles. The minimum atomic E-state index is -2.98. The van der Waals surface area contributed by atoms with Crippen molar-refractivity contribution in [3.63, 3.8) is 0 Å². The second-order valence-corrected chi connectivity index (χ2v) is 8.07. The highest BCUT2D eigenvalue weighted by molar-refractivity contribution is 8.15. The van der Waals surface area contributed by atoms with Crippen LogP contribution < -0.4 is 20.1 Å². The van der Waals surface area contributed by atoms with Crippen LogP contribution in [0.3, 0.4) is 0 Å². The number of aliphatic imine (C=N–C) groups is 1. The van der Waals surface area contributed by atoms with Crippen molar-refractivity contribution < 1.29 is 33.0 Å². The quantitative estimate of drug-likeness (QED) is 0.560. The number of carbonyl (C=O) groups is 2. The van der Waals surface area contributed by atoms with E-state index in [0.29, 0.717) is 17.9 Å². The van der Waals surface area contributed by atoms with Crippen molar-refractivity contribution in [2.24, 2.45) is 10.7 Å². The summed E-state index contributed by atoms with van der Waals surface area (Å²) in [6.45, 7) is 0.715. The molecule has 0 saturated carbocycles. The van der Waals surface area contributed by atoms with E-state index in [-0.39, 0.29) is 28.1 Å². The van der Waals surface area contributed by atoms with Crippen LogP contribution in [0.5, 0.6) is 17.2 Å². The summed E-state index contributed by atoms with van der Waals surface area (Å²) in [5, 5.41) is 9.40. The largest absolute Gasteiger partial charge is 0.504 e. The van der Waals surface area contributed by atoms with E-state index in [1.807, 2.05) is 0 Å². The number of phenols is 1. The van der Waals surface area contributed by atoms with Crippen LogP contribution in [-0.2, 0) is 9.59 Å². The number of alkyl halides is 2. The predicted octanol–water partition coefficient (Wildman–Crippen LogP) is 3.74. The Morgan fingerprint density at radius 2 is 1.97 bits per heavy atom. The Labute approximate surface area is 192 Å². The van der Waals surface area contributed by atoms with E-state index in [4.69, 9.17) is 10.5 Å². The molecule has 3 N–H and O–H groups in total. The Morgan fingerprint density at radius 3 is 2.58 bits per heavy atom. The molecular weight excluding hydrogens is 456 g/mol. The third kappa shape index (κ3) is 5.80. The van der Waals surface area contributed by atoms with E-state index in [0.717, 1.165) is 11.8 Å². The number of amidine groups is 1. The lowest BCUT2D eigenvalue weighted by Gasteiger charge is -2.19. The van der Waals surface area contributed by atoms with Gasteiger partial charge in [0.15, 0.2) is 16.7 Å². The lowest BCUT2D eigenvalue weighted by Crippen LogP contribution is -2.33. The van der Waals surface area contributed by atoms with E-state index >= 15 is 0 Å². The van der Waals surface area contributed by atoms with E-state index in [1.54, 1.807) is 26.0 Å². The summed E-state index contributed by atoms with van der Waals surface area (Å²) >= 11 is 0.989. The van der Waals surface area contributed by atoms with Crippen LogP contribution in [0.4, 0.5) is 14.5 Å². The molecule has 11 heteroatoms. The molecule has 1 heterocycles. The Kier molecular flexibility index (Phi) is 7.54. The normalized spacial score (nSPS) is 15.7. The number of primary amides is 1. The van der Waals surface area contributed by atoms with Crippen molar-refractivity contribution >= 4 is 40.5 Å². The molecule has 2 aromatic rings. The fourth-order valence-corrected chi connectivity index (χ4v) is 3.72. The van der Waals surface area contributed by atoms with Gasteiger partial charge in [0.05, 0.1) is 17.5 Å². The zero-order chi connectivity index (χ0) is 24.1. The lowest BCUT2D eigenvalue weighted by atomic mass is 10.1. The van der Waals surface area contributed by atoms with Crippen LogP contribution in [-0.4, -0.2) is 40.6 Å². The van der Waals surface area contributed by atoms with Gasteiger partial charge in [-0.3, -0.25) is 14.5 Å². The molecule has 33 heavy (non-hydrogen) atoms. The van der Waals surface area contributed by atoms with Crippen molar-refractivity contribution in [1.29, 1.82) is 0 Å². The molecule has 2 amide bonds. The molecule has 2 aromatic carbocycles. The summed E-state index contributed by atoms with van der Waals surface area (Å²) < 4.78 is 34.6. The molecule has 1 atom stereocenters. The number of thioether (sulfide) groups is 1. The van der Waals surface area contributed by atoms with Gasteiger partial charge < -0.3 is 20.3 Å². The average molecular weight is 477 g/mol. The first-order valence-electron chi connectivity index (χ1n) is 9.81. The van der Waals surface area contributed by atoms with Gasteiger partial charge in [-0.25, -0.2) is 4.99 Å². The first-order chi connectivity index (χ1) is 15.7. The molecule has 0 spiro atoms. The first kappa shape index (κ1) is 24.1. The van der Waals surface area contributed by atoms with E-state index in [2.05, 4.69) is 9.73 Å². The molecule has 8 nitrogen and oxygen atoms in total. The third-order valence-corrected chi connectivity index (χ3v) is 5.49. The van der Waals surface area contributed by atoms with Crippen molar-refractivity contribution in [2.75, 3.05) is 11.5 Å². The fourth-order valence-electron chi connectivity index (χ4n) is 2.85. The number of benzene rings is 2. The second kappa shape index (κ2) is 10.3. The van der Waals surface area contributed by atoms with Gasteiger partial charge in [0.25, 0.3) is 5.91 Å². The first-order valence-corrected chi connectivity index (χ1v) is 10.7. The maximum absolute atomic E-state index is 13.2. The molecule has 174 valence electrons. The SMILES string of the molecule is CCOc1cc(/C=C2\N=C(SC(C)C(N)=O)N(c3ccc(OC(F)F)cc3)C2=O)ccc1O. The molecule has 1 unspecified atom stereocenters. The van der Waals surface area contributed by atoms with E-state index in [1.165, 1.54) is 41.3 Å². The number of ether oxygens (including phenoxy) is 2. The van der Waals surface area contributed by atoms with Crippen LogP contribution in [0.15, 0.2) is 53.2 Å². The third-order valence-electron chi connectivity index (χ3n) is 4.42. The van der Waals surface area contributed by atoms with Gasteiger partial charge in [0.2, 0.25) is 5.91 Å². The number of aromatic hydroxyl groups is 1. The van der Waals surface area contributed by atoms with Crippen LogP contribution in [0, 0.1) is 0 Å². The molecule has 0 saturated heterocycles. The Bertz CT molecular complexity index is 1110. The number of hydrogen-bond donors (Lipinski definition) is 2. The molecule has 0 aliphatic carbocycles. The van der Waals surface area contributed by atoms with Crippen molar-refractivity contribution in [3.05, 3.63) is 53.7 Å². The molecule has 0 radical (unpaired) electrons. The fraction of sp³-hybridized carbons (Fsp3) is 0.227. The number of rotatable bonds is 8. The molecule has 3 rings (SSSR count). The highest BCUT2D eigenvalue weighted by Gasteiger charge is 2.34. The standard InChI is InChI=1S/C22H21F2N3O5S/c1-3-31-18-11-13(4-9-17(18)28)10-16-20(30)27(22(26-16)33-12(2)19(25)29)14-5-7-15(8-6-14)32-21(23)24/h4-12,21,28H,3H2,1-2H3,(H2,25,29)/b16-10-. The average Bonchev–Trinajstić information content (AvgIpc) is 3.05. The Balaban J connectivity index is 1.97. The smallest absolute Gasteiger partial charge is 0.387 e. The maximum atomic E-state index is 13.2. The predicted molar refractivity (Wildman–Crippen MR) is 121 cm³/mol. The van der Waals surface area contributed by atoms with Gasteiger partial charge in [-0.1, -0.05) is 17.8 Å². The number of anilines is 1. The van der Waals surface area contributed by atoms with Gasteiger partial charge >= 0.3 is 6.61 Å². The minimum absolute atomic E-state index is 0.0421. The lowest BCUT2D eigenvalue weighted by molar-refractivity contribution is -0.117. The van der Waals surface area contributed by atoms with E-state index < -0.39 is 23.7 Å². The summed E-state index contributed by atoms with van der Waals surface area (Å²) in [4.78, 5) is 30.4. The minimum Gasteiger partial charge on any atom is -0.504 e. The topological polar surface area (TPSA) is 114 Å². The molecule has 0 fully saturated rings. The summed E-state index contributed by atoms with van der Waals surface area (Å²) in [5.74, 6) is -0.944. The van der Waals surface area contributed by atoms with Crippen molar-refractivity contribution in [1.82, 2.24) is 0 Å². The number of carbonyl (C=O) groups excluding carboxylic acids is 2. The van der Waals surface area contributed by atoms with Gasteiger partial charge in [-0.05, 0) is 61.9 Å². The zero-order valence-corrected chi connectivity index (χ0v) is 18.5. The monoisotopic (exact) mass is 477 g/mol. The number of hydrogen-bond acceptors (Lipinski definition) is 7. The number of amides is 2. The molecule has 0 aromatic heterocycles. The van der Waals surface area contributed by atoms with Crippen LogP contribution in [0.2, 0.25) is 0 Å². The number of phenolic OH excluding ortho intramolecular Hbond substituents is 1. The summed E-state index contributed by atoms with van der Waals surface area (Å²) in [6.07, 6.45) is 1.51. The van der Waals surface area contributed by atoms with Crippen LogP contribution in [0.1, 0.15) is 19.4 Å². The van der Waals surface area contributed by atoms with E-state index in [9.17, 15) is 23.5 Å². The number of halogens is 2. The Morgan fingerprint density at radius 1 is 1.27 bits per heavy atom. The Hall–Kier alpha value is -3.60. The van der Waals surface area contributed by atoms with Crippen molar-refractivity contribution in [2.45, 2.75) is 25.7 Å². The van der Waals surface area contributed by atoms with Crippen molar-refractivity contribution in [3.8, 4) is 17.2 Å². The van der Waals surface area contributed by atoms with Gasteiger partial charge in [-0.15, -0.1) is 0 Å². The summed E-state index contributed by atoms with van der Waals surface area (Å²) in [5.41, 5.74) is 6.32. The molecule has 0 bridgehead atoms. The van der Waals surface area contributed by atoms with Crippen LogP contribution in [0.25, 0.3) is 6.08 Å². The van der Waals surface area contributed by atoms with Gasteiger partial charge in [0.1, 0.15) is 11.4 Å². The summed E-state index contributed by atoms with van der Waals surface area (Å²) in [6, 6.07) is 10.0. The second-order valence-electron chi connectivity index (χ2n) is 6.76. The highest BCUT2D eigenvalue weighted by atomic mass is 32.2. The zero-order valence-electron chi connectivity index (χ0n) is 17.7. The molecular formula is C22H21F2N3O5S. The number of nitrogens with two attached hydrogens (primary N) is 1. The maximum Gasteiger partial charge on any atom is 0.387 e. The molecule has 1 aliphatic rings. The summed E-state index contributed by atoms with van der Waals surface area (Å²) in [7, 11) is 0. The van der Waals surface area contributed by atoms with Crippen LogP contribution >= 0.6 is 11.8 Å². The van der Waals surface area contributed by atoms with Gasteiger partial charge in [-0.2, -0.15) is 8.78 Å². The van der Waals surface area contributed by atoms with Gasteiger partial charge in [0, 0.05) is 0 Å². The number of nitrogens with zero attached hydrogens (tertiary/aromatic N) is 2. The highest BCUT2D eigenvalue weighted by Crippen LogP contribution is 2.33.